The molecule has 2 atom stereocenters. The minimum absolute atomic E-state index is 0.472. The van der Waals surface area contributed by atoms with Gasteiger partial charge < -0.3 is 0 Å². The predicted octanol–water partition coefficient (Wildman–Crippen LogP) is 5.40. The average Bonchev–Trinajstić information content (AvgIpc) is 2.40. The molecule has 2 aromatic carbocycles. The van der Waals surface area contributed by atoms with E-state index in [0.717, 1.165) is 0 Å². The lowest BCUT2D eigenvalue weighted by molar-refractivity contribution is 0.282. The van der Waals surface area contributed by atoms with Gasteiger partial charge in [-0.1, -0.05) is 72.4 Å². The van der Waals surface area contributed by atoms with Crippen LogP contribution in [0.1, 0.15) is 25.0 Å². The van der Waals surface area contributed by atoms with Crippen LogP contribution in [0.4, 0.5) is 8.78 Å². The van der Waals surface area contributed by atoms with Crippen molar-refractivity contribution >= 4 is 11.8 Å². The van der Waals surface area contributed by atoms with Crippen molar-refractivity contribution in [2.45, 2.75) is 23.8 Å². The van der Waals surface area contributed by atoms with E-state index in [-0.39, 0.29) is 0 Å². The van der Waals surface area contributed by atoms with Crippen molar-refractivity contribution in [3.05, 3.63) is 71.8 Å². The molecule has 2 unspecified atom stereocenters. The highest BCUT2D eigenvalue weighted by Gasteiger charge is 2.38. The lowest BCUT2D eigenvalue weighted by Gasteiger charge is -2.29. The van der Waals surface area contributed by atoms with Crippen LogP contribution in [-0.4, -0.2) is 0 Å². The maximum Gasteiger partial charge on any atom is 0.181 e. The summed E-state index contributed by atoms with van der Waals surface area (Å²) in [6, 6.07) is 17.4. The largest absolute Gasteiger partial charge is 0.227 e. The normalized spacial score (nSPS) is 17.5. The van der Waals surface area contributed by atoms with E-state index in [1.54, 1.807) is 48.5 Å². The average molecular weight is 278 g/mol. The Kier molecular flexibility index (Phi) is 3.95. The van der Waals surface area contributed by atoms with Crippen molar-refractivity contribution in [1.29, 1.82) is 0 Å². The maximum absolute atomic E-state index is 14.7. The summed E-state index contributed by atoms with van der Waals surface area (Å²) in [7, 11) is 0. The van der Waals surface area contributed by atoms with E-state index >= 15 is 0 Å². The monoisotopic (exact) mass is 278 g/mol. The van der Waals surface area contributed by atoms with E-state index in [9.17, 15) is 8.78 Å². The van der Waals surface area contributed by atoms with Crippen molar-refractivity contribution in [3.8, 4) is 0 Å². The Bertz CT molecular complexity index is 471. The third-order valence-electron chi connectivity index (χ3n) is 2.96. The molecule has 0 saturated heterocycles. The van der Waals surface area contributed by atoms with Gasteiger partial charge in [-0.25, -0.2) is 8.78 Å². The second-order valence-electron chi connectivity index (χ2n) is 4.67. The molecule has 0 N–H and O–H groups in total. The molecule has 2 aromatic rings. The zero-order chi connectivity index (χ0) is 13.9. The highest BCUT2D eigenvalue weighted by molar-refractivity contribution is 8.00. The van der Waals surface area contributed by atoms with E-state index in [4.69, 9.17) is 0 Å². The molecule has 0 heterocycles. The van der Waals surface area contributed by atoms with Gasteiger partial charge in [0, 0.05) is 0 Å². The highest BCUT2D eigenvalue weighted by atomic mass is 32.2. The van der Waals surface area contributed by atoms with E-state index in [1.165, 1.54) is 13.8 Å². The fraction of sp³-hybridized carbons (Fsp3) is 0.250. The Hall–Kier alpha value is -1.35. The summed E-state index contributed by atoms with van der Waals surface area (Å²) < 4.78 is 29.5. The first kappa shape index (κ1) is 14.1. The molecule has 100 valence electrons. The van der Waals surface area contributed by atoms with E-state index in [0.29, 0.717) is 22.9 Å². The molecule has 0 saturated carbocycles. The molecule has 0 radical (unpaired) electrons. The predicted molar refractivity (Wildman–Crippen MR) is 77.4 cm³/mol. The second kappa shape index (κ2) is 5.33. The van der Waals surface area contributed by atoms with Crippen LogP contribution in [0, 0.1) is 0 Å². The molecule has 0 aliphatic rings. The Balaban J connectivity index is 2.25. The quantitative estimate of drug-likeness (QED) is 0.721. The van der Waals surface area contributed by atoms with Gasteiger partial charge in [0.2, 0.25) is 0 Å². The van der Waals surface area contributed by atoms with Gasteiger partial charge in [-0.15, -0.1) is 0 Å². The van der Waals surface area contributed by atoms with Crippen LogP contribution in [0.5, 0.6) is 0 Å². The first-order valence-corrected chi connectivity index (χ1v) is 6.92. The fourth-order valence-corrected chi connectivity index (χ4v) is 3.18. The number of thioether (sulfide) groups is 1. The fourth-order valence-electron chi connectivity index (χ4n) is 1.95. The maximum atomic E-state index is 14.7. The molecule has 0 amide bonds. The molecule has 19 heavy (non-hydrogen) atoms. The standard InChI is InChI=1S/C16H16F2S/c1-15(17,13-9-5-3-6-10-13)19-16(2,18)14-11-7-4-8-12-14/h3-12H,1-2H3. The number of alkyl halides is 2. The summed E-state index contributed by atoms with van der Waals surface area (Å²) in [6.45, 7) is 2.79. The zero-order valence-corrected chi connectivity index (χ0v) is 11.8. The van der Waals surface area contributed by atoms with Crippen molar-refractivity contribution < 1.29 is 8.78 Å². The molecule has 0 bridgehead atoms. The van der Waals surface area contributed by atoms with Gasteiger partial charge in [0.25, 0.3) is 0 Å². The van der Waals surface area contributed by atoms with Gasteiger partial charge in [0.1, 0.15) is 0 Å². The number of halogens is 2. The smallest absolute Gasteiger partial charge is 0.181 e. The summed E-state index contributed by atoms with van der Waals surface area (Å²) in [5.41, 5.74) is 0.944. The Morgan fingerprint density at radius 1 is 0.684 bits per heavy atom. The van der Waals surface area contributed by atoms with Crippen LogP contribution in [0.2, 0.25) is 0 Å². The molecule has 3 heteroatoms. The summed E-state index contributed by atoms with van der Waals surface area (Å²) in [4.78, 5) is 0. The van der Waals surface area contributed by atoms with Crippen molar-refractivity contribution in [1.82, 2.24) is 0 Å². The van der Waals surface area contributed by atoms with Crippen LogP contribution in [-0.2, 0) is 10.0 Å². The lowest BCUT2D eigenvalue weighted by atomic mass is 10.1. The van der Waals surface area contributed by atoms with E-state index in [2.05, 4.69) is 0 Å². The molecular formula is C16H16F2S. The first-order chi connectivity index (χ1) is 8.92. The number of hydrogen-bond acceptors (Lipinski definition) is 1. The van der Waals surface area contributed by atoms with Gasteiger partial charge in [0.15, 0.2) is 10.0 Å². The first-order valence-electron chi connectivity index (χ1n) is 6.11. The minimum Gasteiger partial charge on any atom is -0.227 e. The van der Waals surface area contributed by atoms with Crippen LogP contribution in [0.25, 0.3) is 0 Å². The van der Waals surface area contributed by atoms with E-state index < -0.39 is 10.0 Å². The molecule has 0 fully saturated rings. The molecule has 0 spiro atoms. The van der Waals surface area contributed by atoms with Gasteiger partial charge in [-0.3, -0.25) is 0 Å². The molecular weight excluding hydrogens is 262 g/mol. The van der Waals surface area contributed by atoms with Gasteiger partial charge >= 0.3 is 0 Å². The summed E-state index contributed by atoms with van der Waals surface area (Å²) in [5.74, 6) is 0. The molecule has 0 nitrogen and oxygen atoms in total. The third-order valence-corrected chi connectivity index (χ3v) is 4.20. The number of hydrogen-bond donors (Lipinski definition) is 0. The zero-order valence-electron chi connectivity index (χ0n) is 10.9. The molecule has 0 aliphatic carbocycles. The Morgan fingerprint density at radius 2 is 1.00 bits per heavy atom. The second-order valence-corrected chi connectivity index (χ2v) is 6.41. The third kappa shape index (κ3) is 3.35. The van der Waals surface area contributed by atoms with Gasteiger partial charge in [-0.05, 0) is 25.0 Å². The van der Waals surface area contributed by atoms with Crippen molar-refractivity contribution in [2.75, 3.05) is 0 Å². The SMILES string of the molecule is CC(F)(SC(C)(F)c1ccccc1)c1ccccc1. The molecule has 0 aliphatic heterocycles. The van der Waals surface area contributed by atoms with E-state index in [1.807, 2.05) is 12.1 Å². The van der Waals surface area contributed by atoms with Crippen LogP contribution in [0.15, 0.2) is 60.7 Å². The topological polar surface area (TPSA) is 0 Å². The van der Waals surface area contributed by atoms with Crippen LogP contribution in [0.3, 0.4) is 0 Å². The minimum atomic E-state index is -1.78. The summed E-state index contributed by atoms with van der Waals surface area (Å²) in [6.07, 6.45) is 0. The molecule has 0 aromatic heterocycles. The summed E-state index contributed by atoms with van der Waals surface area (Å²) >= 11 is 0.677. The van der Waals surface area contributed by atoms with Crippen molar-refractivity contribution in [3.63, 3.8) is 0 Å². The van der Waals surface area contributed by atoms with Gasteiger partial charge in [-0.2, -0.15) is 0 Å². The van der Waals surface area contributed by atoms with Gasteiger partial charge in [0.05, 0.1) is 0 Å². The van der Waals surface area contributed by atoms with Crippen LogP contribution < -0.4 is 0 Å². The summed E-state index contributed by atoms with van der Waals surface area (Å²) in [5, 5.41) is -3.55. The van der Waals surface area contributed by atoms with Crippen molar-refractivity contribution in [2.24, 2.45) is 0 Å². The Morgan fingerprint density at radius 3 is 1.32 bits per heavy atom. The lowest BCUT2D eigenvalue weighted by Crippen LogP contribution is -2.20. The number of rotatable bonds is 4. The Labute approximate surface area is 116 Å². The molecule has 2 rings (SSSR count). The highest BCUT2D eigenvalue weighted by Crippen LogP contribution is 2.50. The van der Waals surface area contributed by atoms with Crippen LogP contribution >= 0.6 is 11.8 Å². The number of benzene rings is 2.